The highest BCUT2D eigenvalue weighted by Crippen LogP contribution is 2.14. The van der Waals surface area contributed by atoms with Crippen LogP contribution in [0, 0.1) is 0 Å². The summed E-state index contributed by atoms with van der Waals surface area (Å²) in [5.74, 6) is -0.0315. The molecule has 0 bridgehead atoms. The fraction of sp³-hybridized carbons (Fsp3) is 0.120. The number of fused-ring (bicyclic) bond motifs is 1. The number of nitrogens with one attached hydrogen (secondary N) is 2. The molecule has 166 valence electrons. The van der Waals surface area contributed by atoms with Crippen LogP contribution >= 0.6 is 11.8 Å². The fourth-order valence-corrected chi connectivity index (χ4v) is 4.11. The van der Waals surface area contributed by atoms with Crippen molar-refractivity contribution in [3.63, 3.8) is 0 Å². The van der Waals surface area contributed by atoms with Crippen LogP contribution in [0.2, 0.25) is 0 Å². The summed E-state index contributed by atoms with van der Waals surface area (Å²) in [7, 11) is 0. The summed E-state index contributed by atoms with van der Waals surface area (Å²) in [5.41, 5.74) is 6.64. The van der Waals surface area contributed by atoms with Crippen molar-refractivity contribution in [2.24, 2.45) is 0 Å². The average molecular weight is 459 g/mol. The maximum Gasteiger partial charge on any atom is 0.290 e. The number of hydrogen-bond acceptors (Lipinski definition) is 5. The van der Waals surface area contributed by atoms with E-state index in [0.717, 1.165) is 11.1 Å². The summed E-state index contributed by atoms with van der Waals surface area (Å²) in [6.07, 6.45) is 0. The minimum Gasteiger partial charge on any atom is -0.272 e. The number of carbonyl (C=O) groups is 2. The predicted molar refractivity (Wildman–Crippen MR) is 130 cm³/mol. The Hall–Kier alpha value is -3.91. The molecule has 3 aromatic carbocycles. The molecule has 0 atom stereocenters. The molecule has 8 heteroatoms. The number of rotatable bonds is 7. The van der Waals surface area contributed by atoms with Gasteiger partial charge in [0.1, 0.15) is 0 Å². The number of hydrazine groups is 1. The van der Waals surface area contributed by atoms with Gasteiger partial charge in [0, 0.05) is 11.1 Å². The number of aromatic nitrogens is 2. The van der Waals surface area contributed by atoms with Crippen LogP contribution in [0.5, 0.6) is 0 Å². The van der Waals surface area contributed by atoms with Gasteiger partial charge in [0.2, 0.25) is 5.91 Å². The van der Waals surface area contributed by atoms with E-state index in [-0.39, 0.29) is 29.5 Å². The van der Waals surface area contributed by atoms with Crippen LogP contribution < -0.4 is 16.4 Å². The van der Waals surface area contributed by atoms with Crippen LogP contribution in [0.15, 0.2) is 89.7 Å². The molecule has 0 fully saturated rings. The number of thioether (sulfide) groups is 1. The molecule has 0 spiro atoms. The third kappa shape index (κ3) is 5.67. The zero-order valence-electron chi connectivity index (χ0n) is 17.7. The molecule has 2 N–H and O–H groups in total. The van der Waals surface area contributed by atoms with Gasteiger partial charge in [-0.25, -0.2) is 4.68 Å². The maximum atomic E-state index is 12.9. The van der Waals surface area contributed by atoms with Gasteiger partial charge in [-0.15, -0.1) is 11.8 Å². The first-order valence-electron chi connectivity index (χ1n) is 10.4. The second kappa shape index (κ2) is 10.6. The lowest BCUT2D eigenvalue weighted by Gasteiger charge is -2.12. The van der Waals surface area contributed by atoms with E-state index in [0.29, 0.717) is 16.5 Å². The topological polar surface area (TPSA) is 93.1 Å². The molecule has 4 aromatic rings. The summed E-state index contributed by atoms with van der Waals surface area (Å²) in [6, 6.07) is 26.0. The molecule has 0 saturated carbocycles. The van der Waals surface area contributed by atoms with E-state index in [4.69, 9.17) is 0 Å². The third-order valence-corrected chi connectivity index (χ3v) is 5.92. The van der Waals surface area contributed by atoms with Crippen molar-refractivity contribution in [3.05, 3.63) is 112 Å². The van der Waals surface area contributed by atoms with Gasteiger partial charge in [-0.2, -0.15) is 5.10 Å². The monoisotopic (exact) mass is 458 g/mol. The Labute approximate surface area is 194 Å². The van der Waals surface area contributed by atoms with Crippen LogP contribution in [0.4, 0.5) is 0 Å². The molecular weight excluding hydrogens is 436 g/mol. The molecule has 2 amide bonds. The lowest BCUT2D eigenvalue weighted by atomic mass is 10.1. The van der Waals surface area contributed by atoms with Crippen LogP contribution in [0.25, 0.3) is 10.8 Å². The number of amides is 2. The second-order valence-corrected chi connectivity index (χ2v) is 8.31. The van der Waals surface area contributed by atoms with Gasteiger partial charge < -0.3 is 0 Å². The van der Waals surface area contributed by atoms with Gasteiger partial charge in [0.05, 0.1) is 17.7 Å². The van der Waals surface area contributed by atoms with E-state index in [2.05, 4.69) is 16.0 Å². The zero-order valence-corrected chi connectivity index (χ0v) is 18.5. The number of benzene rings is 3. The van der Waals surface area contributed by atoms with Gasteiger partial charge in [-0.05, 0) is 17.2 Å². The molecule has 0 unspecified atom stereocenters. The smallest absolute Gasteiger partial charge is 0.272 e. The molecule has 4 rings (SSSR count). The van der Waals surface area contributed by atoms with Crippen molar-refractivity contribution in [3.8, 4) is 0 Å². The van der Waals surface area contributed by atoms with E-state index in [1.165, 1.54) is 16.4 Å². The largest absolute Gasteiger partial charge is 0.290 e. The molecule has 33 heavy (non-hydrogen) atoms. The van der Waals surface area contributed by atoms with Crippen molar-refractivity contribution in [1.29, 1.82) is 0 Å². The summed E-state index contributed by atoms with van der Waals surface area (Å²) in [5, 5.41) is 5.13. The highest BCUT2D eigenvalue weighted by atomic mass is 32.2. The highest BCUT2D eigenvalue weighted by Gasteiger charge is 2.17. The Morgan fingerprint density at radius 3 is 2.09 bits per heavy atom. The van der Waals surface area contributed by atoms with Gasteiger partial charge >= 0.3 is 0 Å². The second-order valence-electron chi connectivity index (χ2n) is 7.32. The molecule has 1 heterocycles. The highest BCUT2D eigenvalue weighted by molar-refractivity contribution is 7.99. The Morgan fingerprint density at radius 1 is 0.788 bits per heavy atom. The van der Waals surface area contributed by atoms with Crippen LogP contribution in [0.1, 0.15) is 21.6 Å². The fourth-order valence-electron chi connectivity index (χ4n) is 3.32. The van der Waals surface area contributed by atoms with Crippen molar-refractivity contribution < 1.29 is 9.59 Å². The number of carbonyl (C=O) groups excluding carboxylic acids is 2. The predicted octanol–water partition coefficient (Wildman–Crippen LogP) is 3.14. The minimum atomic E-state index is -0.588. The minimum absolute atomic E-state index is 0.0679. The first-order chi connectivity index (χ1) is 16.1. The SMILES string of the molecule is O=C(CSCc1ccccc1)NNC(=O)c1nn(Cc2ccccc2)c(=O)c2ccccc12. The summed E-state index contributed by atoms with van der Waals surface area (Å²) in [4.78, 5) is 37.9. The van der Waals surface area contributed by atoms with Crippen molar-refractivity contribution in [2.45, 2.75) is 12.3 Å². The van der Waals surface area contributed by atoms with Crippen molar-refractivity contribution in [1.82, 2.24) is 20.6 Å². The third-order valence-electron chi connectivity index (χ3n) is 4.92. The lowest BCUT2D eigenvalue weighted by molar-refractivity contribution is -0.119. The first kappa shape index (κ1) is 22.3. The van der Waals surface area contributed by atoms with Gasteiger partial charge in [-0.3, -0.25) is 25.2 Å². The Balaban J connectivity index is 1.46. The number of nitrogens with zero attached hydrogens (tertiary/aromatic N) is 2. The van der Waals surface area contributed by atoms with Crippen LogP contribution in [-0.4, -0.2) is 27.3 Å². The van der Waals surface area contributed by atoms with E-state index < -0.39 is 5.91 Å². The molecule has 0 aliphatic rings. The molecular formula is C25H22N4O3S. The molecule has 1 aromatic heterocycles. The molecule has 0 saturated heterocycles. The summed E-state index contributed by atoms with van der Waals surface area (Å²) in [6.45, 7) is 0.229. The molecule has 0 aliphatic heterocycles. The maximum absolute atomic E-state index is 12.9. The van der Waals surface area contributed by atoms with Gasteiger partial charge in [0.15, 0.2) is 5.69 Å². The van der Waals surface area contributed by atoms with Crippen molar-refractivity contribution >= 4 is 34.3 Å². The van der Waals surface area contributed by atoms with E-state index in [9.17, 15) is 14.4 Å². The van der Waals surface area contributed by atoms with Gasteiger partial charge in [-0.1, -0.05) is 78.9 Å². The zero-order chi connectivity index (χ0) is 23.0. The van der Waals surface area contributed by atoms with Crippen LogP contribution in [0.3, 0.4) is 0 Å². The van der Waals surface area contributed by atoms with E-state index in [1.807, 2.05) is 60.7 Å². The van der Waals surface area contributed by atoms with E-state index in [1.54, 1.807) is 24.3 Å². The molecule has 0 aliphatic carbocycles. The Bertz CT molecular complexity index is 1320. The van der Waals surface area contributed by atoms with Crippen LogP contribution in [-0.2, 0) is 17.1 Å². The normalized spacial score (nSPS) is 10.7. The number of hydrogen-bond donors (Lipinski definition) is 2. The standard InChI is InChI=1S/C25H22N4O3S/c30-22(17-33-16-19-11-5-2-6-12-19)26-27-24(31)23-20-13-7-8-14-21(20)25(32)29(28-23)15-18-9-3-1-4-10-18/h1-14H,15-17H2,(H,26,30)(H,27,31). The summed E-state index contributed by atoms with van der Waals surface area (Å²) >= 11 is 1.45. The molecule has 0 radical (unpaired) electrons. The quantitative estimate of drug-likeness (QED) is 0.415. The Morgan fingerprint density at radius 2 is 1.39 bits per heavy atom. The van der Waals surface area contributed by atoms with E-state index >= 15 is 0 Å². The average Bonchev–Trinajstić information content (AvgIpc) is 2.85. The molecule has 7 nitrogen and oxygen atoms in total. The Kier molecular flexibility index (Phi) is 7.16. The van der Waals surface area contributed by atoms with Crippen molar-refractivity contribution in [2.75, 3.05) is 5.75 Å². The first-order valence-corrected chi connectivity index (χ1v) is 11.5. The lowest BCUT2D eigenvalue weighted by Crippen LogP contribution is -2.43. The van der Waals surface area contributed by atoms with Gasteiger partial charge in [0.25, 0.3) is 11.5 Å². The summed E-state index contributed by atoms with van der Waals surface area (Å²) < 4.78 is 1.27.